The molecule has 0 aromatic heterocycles. The summed E-state index contributed by atoms with van der Waals surface area (Å²) in [4.78, 5) is 2.41. The van der Waals surface area contributed by atoms with E-state index in [1.165, 1.54) is 24.9 Å². The third-order valence-electron chi connectivity index (χ3n) is 3.24. The summed E-state index contributed by atoms with van der Waals surface area (Å²) in [5.41, 5.74) is 1.21. The summed E-state index contributed by atoms with van der Waals surface area (Å²) in [7, 11) is 0. The van der Waals surface area contributed by atoms with E-state index in [1.54, 1.807) is 0 Å². The number of nitrogens with zero attached hydrogens (tertiary/aromatic N) is 1. The van der Waals surface area contributed by atoms with Crippen molar-refractivity contribution >= 4 is 5.69 Å². The summed E-state index contributed by atoms with van der Waals surface area (Å²) in [6.45, 7) is 3.61. The summed E-state index contributed by atoms with van der Waals surface area (Å²) in [5.74, 6) is 1.84. The molecule has 1 fully saturated rings. The maximum atomic E-state index is 5.74. The van der Waals surface area contributed by atoms with Crippen LogP contribution in [0.4, 0.5) is 5.69 Å². The Labute approximate surface area is 96.0 Å². The molecule has 2 aliphatic rings. The van der Waals surface area contributed by atoms with Gasteiger partial charge < -0.3 is 14.4 Å². The normalized spacial score (nSPS) is 19.6. The van der Waals surface area contributed by atoms with Gasteiger partial charge in [0.05, 0.1) is 5.69 Å². The minimum absolute atomic E-state index is 0.663. The van der Waals surface area contributed by atoms with Gasteiger partial charge in [0.25, 0.3) is 0 Å². The number of hydrogen-bond acceptors (Lipinski definition) is 3. The van der Waals surface area contributed by atoms with Gasteiger partial charge in [0.2, 0.25) is 0 Å². The molecule has 1 aromatic rings. The first-order valence-electron chi connectivity index (χ1n) is 6.09. The molecule has 16 heavy (non-hydrogen) atoms. The Balaban J connectivity index is 1.93. The highest BCUT2D eigenvalue weighted by atomic mass is 16.6. The standard InChI is InChI=1S/C13H17NO2/c1-2-7-14(8-3-1)11-5-4-6-12-13(11)16-10-9-15-12/h4-6H,1-3,7-10H2. The van der Waals surface area contributed by atoms with Crippen LogP contribution in [0.2, 0.25) is 0 Å². The molecule has 2 aliphatic heterocycles. The average molecular weight is 219 g/mol. The van der Waals surface area contributed by atoms with Crippen LogP contribution in [0.15, 0.2) is 18.2 Å². The SMILES string of the molecule is c1cc2c(c(N3CCCCC3)c1)OCCO2. The van der Waals surface area contributed by atoms with E-state index < -0.39 is 0 Å². The van der Waals surface area contributed by atoms with Gasteiger partial charge in [-0.2, -0.15) is 0 Å². The lowest BCUT2D eigenvalue weighted by Gasteiger charge is -2.32. The van der Waals surface area contributed by atoms with Crippen LogP contribution in [0.1, 0.15) is 19.3 Å². The minimum atomic E-state index is 0.663. The molecule has 1 saturated heterocycles. The van der Waals surface area contributed by atoms with Crippen molar-refractivity contribution in [3.05, 3.63) is 18.2 Å². The van der Waals surface area contributed by atoms with E-state index in [0.717, 1.165) is 24.6 Å². The van der Waals surface area contributed by atoms with Crippen LogP contribution in [0, 0.1) is 0 Å². The van der Waals surface area contributed by atoms with Crippen LogP contribution in [-0.4, -0.2) is 26.3 Å². The van der Waals surface area contributed by atoms with Gasteiger partial charge in [-0.15, -0.1) is 0 Å². The third kappa shape index (κ3) is 1.70. The number of piperidine rings is 1. The van der Waals surface area contributed by atoms with Crippen LogP contribution < -0.4 is 14.4 Å². The Morgan fingerprint density at radius 2 is 1.75 bits per heavy atom. The number of ether oxygens (including phenoxy) is 2. The fourth-order valence-corrected chi connectivity index (χ4v) is 2.44. The molecule has 0 unspecified atom stereocenters. The lowest BCUT2D eigenvalue weighted by atomic mass is 10.1. The molecule has 1 aromatic carbocycles. The van der Waals surface area contributed by atoms with E-state index in [-0.39, 0.29) is 0 Å². The number of fused-ring (bicyclic) bond motifs is 1. The van der Waals surface area contributed by atoms with E-state index in [9.17, 15) is 0 Å². The molecular weight excluding hydrogens is 202 g/mol. The molecule has 0 spiro atoms. The number of anilines is 1. The van der Waals surface area contributed by atoms with Gasteiger partial charge >= 0.3 is 0 Å². The Morgan fingerprint density at radius 3 is 2.62 bits per heavy atom. The highest BCUT2D eigenvalue weighted by molar-refractivity contribution is 5.65. The predicted molar refractivity (Wildman–Crippen MR) is 63.5 cm³/mol. The molecule has 0 amide bonds. The molecule has 0 aliphatic carbocycles. The molecule has 0 bridgehead atoms. The zero-order valence-corrected chi connectivity index (χ0v) is 9.45. The molecule has 0 atom stereocenters. The Kier molecular flexibility index (Phi) is 2.60. The molecular formula is C13H17NO2. The summed E-state index contributed by atoms with van der Waals surface area (Å²) >= 11 is 0. The van der Waals surface area contributed by atoms with Crippen molar-refractivity contribution in [1.82, 2.24) is 0 Å². The second-order valence-corrected chi connectivity index (χ2v) is 4.35. The molecule has 0 saturated carbocycles. The quantitative estimate of drug-likeness (QED) is 0.724. The fraction of sp³-hybridized carbons (Fsp3) is 0.538. The predicted octanol–water partition coefficient (Wildman–Crippen LogP) is 2.45. The Hall–Kier alpha value is -1.38. The van der Waals surface area contributed by atoms with E-state index in [2.05, 4.69) is 17.0 Å². The van der Waals surface area contributed by atoms with E-state index in [0.29, 0.717) is 13.2 Å². The first kappa shape index (κ1) is 9.82. The Bertz CT molecular complexity index is 372. The number of hydrogen-bond donors (Lipinski definition) is 0. The monoisotopic (exact) mass is 219 g/mol. The molecule has 3 heteroatoms. The van der Waals surface area contributed by atoms with Crippen molar-refractivity contribution in [1.29, 1.82) is 0 Å². The van der Waals surface area contributed by atoms with Crippen molar-refractivity contribution in [2.45, 2.75) is 19.3 Å². The van der Waals surface area contributed by atoms with E-state index >= 15 is 0 Å². The van der Waals surface area contributed by atoms with Crippen molar-refractivity contribution in [2.24, 2.45) is 0 Å². The second-order valence-electron chi connectivity index (χ2n) is 4.35. The van der Waals surface area contributed by atoms with Gasteiger partial charge in [-0.05, 0) is 31.4 Å². The summed E-state index contributed by atoms with van der Waals surface area (Å²) < 4.78 is 11.3. The van der Waals surface area contributed by atoms with Gasteiger partial charge in [0, 0.05) is 13.1 Å². The molecule has 86 valence electrons. The van der Waals surface area contributed by atoms with E-state index in [1.807, 2.05) is 6.07 Å². The maximum Gasteiger partial charge on any atom is 0.184 e. The summed E-state index contributed by atoms with van der Waals surface area (Å²) in [6.07, 6.45) is 3.91. The highest BCUT2D eigenvalue weighted by Crippen LogP contribution is 2.40. The van der Waals surface area contributed by atoms with Crippen LogP contribution >= 0.6 is 0 Å². The highest BCUT2D eigenvalue weighted by Gasteiger charge is 2.20. The van der Waals surface area contributed by atoms with Crippen LogP contribution in [0.25, 0.3) is 0 Å². The average Bonchev–Trinajstić information content (AvgIpc) is 2.39. The topological polar surface area (TPSA) is 21.7 Å². The molecule has 0 N–H and O–H groups in total. The maximum absolute atomic E-state index is 5.74. The van der Waals surface area contributed by atoms with Gasteiger partial charge in [0.1, 0.15) is 13.2 Å². The van der Waals surface area contributed by atoms with Gasteiger partial charge in [0.15, 0.2) is 11.5 Å². The zero-order valence-electron chi connectivity index (χ0n) is 9.45. The molecule has 0 radical (unpaired) electrons. The summed E-state index contributed by atoms with van der Waals surface area (Å²) in [5, 5.41) is 0. The molecule has 3 rings (SSSR count). The number of rotatable bonds is 1. The number of para-hydroxylation sites is 1. The molecule has 2 heterocycles. The zero-order chi connectivity index (χ0) is 10.8. The fourth-order valence-electron chi connectivity index (χ4n) is 2.44. The van der Waals surface area contributed by atoms with Gasteiger partial charge in [-0.1, -0.05) is 6.07 Å². The summed E-state index contributed by atoms with van der Waals surface area (Å²) in [6, 6.07) is 6.18. The van der Waals surface area contributed by atoms with Crippen LogP contribution in [-0.2, 0) is 0 Å². The van der Waals surface area contributed by atoms with Crippen molar-refractivity contribution < 1.29 is 9.47 Å². The van der Waals surface area contributed by atoms with Gasteiger partial charge in [-0.25, -0.2) is 0 Å². The second kappa shape index (κ2) is 4.24. The molecule has 3 nitrogen and oxygen atoms in total. The largest absolute Gasteiger partial charge is 0.486 e. The van der Waals surface area contributed by atoms with Crippen molar-refractivity contribution in [2.75, 3.05) is 31.2 Å². The van der Waals surface area contributed by atoms with Crippen molar-refractivity contribution in [3.8, 4) is 11.5 Å². The lowest BCUT2D eigenvalue weighted by Crippen LogP contribution is -2.30. The van der Waals surface area contributed by atoms with Gasteiger partial charge in [-0.3, -0.25) is 0 Å². The van der Waals surface area contributed by atoms with E-state index in [4.69, 9.17) is 9.47 Å². The first-order valence-corrected chi connectivity index (χ1v) is 6.09. The Morgan fingerprint density at radius 1 is 0.938 bits per heavy atom. The van der Waals surface area contributed by atoms with Crippen LogP contribution in [0.3, 0.4) is 0 Å². The smallest absolute Gasteiger partial charge is 0.184 e. The lowest BCUT2D eigenvalue weighted by molar-refractivity contribution is 0.172. The third-order valence-corrected chi connectivity index (χ3v) is 3.24. The minimum Gasteiger partial charge on any atom is -0.486 e. The van der Waals surface area contributed by atoms with Crippen LogP contribution in [0.5, 0.6) is 11.5 Å². The number of benzene rings is 1. The van der Waals surface area contributed by atoms with Crippen molar-refractivity contribution in [3.63, 3.8) is 0 Å². The first-order chi connectivity index (χ1) is 7.95.